The first-order valence-corrected chi connectivity index (χ1v) is 8.51. The molecule has 1 aromatic heterocycles. The molecule has 1 aromatic carbocycles. The number of nitrogens with one attached hydrogen (secondary N) is 1. The van der Waals surface area contributed by atoms with E-state index in [1.807, 2.05) is 13.8 Å². The van der Waals surface area contributed by atoms with Crippen LogP contribution in [-0.4, -0.2) is 17.3 Å². The van der Waals surface area contributed by atoms with E-state index in [0.29, 0.717) is 6.04 Å². The molecular formula is C17H24N2OS. The lowest BCUT2D eigenvalue weighted by Crippen LogP contribution is -2.22. The van der Waals surface area contributed by atoms with Gasteiger partial charge in [0.15, 0.2) is 0 Å². The highest BCUT2D eigenvalue weighted by Gasteiger charge is 2.13. The monoisotopic (exact) mass is 304 g/mol. The number of oxazole rings is 1. The van der Waals surface area contributed by atoms with Crippen LogP contribution in [0.1, 0.15) is 42.5 Å². The third-order valence-electron chi connectivity index (χ3n) is 3.62. The Labute approximate surface area is 131 Å². The van der Waals surface area contributed by atoms with Crippen LogP contribution in [0.15, 0.2) is 33.9 Å². The van der Waals surface area contributed by atoms with Crippen molar-refractivity contribution in [1.29, 1.82) is 0 Å². The SMILES string of the molecule is CCNC(CSc1nc(C)c(C)o1)c1ccc(CC)cc1. The Kier molecular flexibility index (Phi) is 5.88. The van der Waals surface area contributed by atoms with Crippen LogP contribution in [-0.2, 0) is 6.42 Å². The van der Waals surface area contributed by atoms with E-state index in [9.17, 15) is 0 Å². The van der Waals surface area contributed by atoms with Gasteiger partial charge in [-0.2, -0.15) is 0 Å². The first kappa shape index (κ1) is 16.1. The summed E-state index contributed by atoms with van der Waals surface area (Å²) in [7, 11) is 0. The van der Waals surface area contributed by atoms with Crippen molar-refractivity contribution in [2.75, 3.05) is 12.3 Å². The number of hydrogen-bond donors (Lipinski definition) is 1. The fourth-order valence-corrected chi connectivity index (χ4v) is 3.17. The molecule has 0 aliphatic carbocycles. The molecule has 0 spiro atoms. The zero-order chi connectivity index (χ0) is 15.2. The molecule has 1 atom stereocenters. The van der Waals surface area contributed by atoms with Crippen molar-refractivity contribution in [2.45, 2.75) is 45.4 Å². The second-order valence-corrected chi connectivity index (χ2v) is 6.11. The average molecular weight is 304 g/mol. The lowest BCUT2D eigenvalue weighted by Gasteiger charge is -2.17. The highest BCUT2D eigenvalue weighted by atomic mass is 32.2. The molecule has 0 saturated heterocycles. The van der Waals surface area contributed by atoms with Gasteiger partial charge in [-0.1, -0.05) is 49.9 Å². The molecule has 3 nitrogen and oxygen atoms in total. The summed E-state index contributed by atoms with van der Waals surface area (Å²) in [6.07, 6.45) is 1.08. The van der Waals surface area contributed by atoms with Crippen LogP contribution in [0.3, 0.4) is 0 Å². The second-order valence-electron chi connectivity index (χ2n) is 5.14. The molecule has 2 rings (SSSR count). The van der Waals surface area contributed by atoms with Crippen LogP contribution in [0.4, 0.5) is 0 Å². The van der Waals surface area contributed by atoms with Gasteiger partial charge in [-0.25, -0.2) is 4.98 Å². The Hall–Kier alpha value is -1.26. The van der Waals surface area contributed by atoms with Crippen molar-refractivity contribution in [3.05, 3.63) is 46.8 Å². The Balaban J connectivity index is 2.03. The van der Waals surface area contributed by atoms with Crippen LogP contribution in [0.5, 0.6) is 0 Å². The molecule has 1 unspecified atom stereocenters. The molecule has 0 fully saturated rings. The maximum Gasteiger partial charge on any atom is 0.256 e. The molecule has 0 bridgehead atoms. The Morgan fingerprint density at radius 2 is 1.90 bits per heavy atom. The molecule has 4 heteroatoms. The molecule has 114 valence electrons. The van der Waals surface area contributed by atoms with Gasteiger partial charge in [-0.05, 0) is 37.9 Å². The van der Waals surface area contributed by atoms with Crippen molar-refractivity contribution in [2.24, 2.45) is 0 Å². The molecule has 21 heavy (non-hydrogen) atoms. The summed E-state index contributed by atoms with van der Waals surface area (Å²) in [6, 6.07) is 9.18. The summed E-state index contributed by atoms with van der Waals surface area (Å²) >= 11 is 1.67. The maximum absolute atomic E-state index is 5.64. The van der Waals surface area contributed by atoms with Crippen LogP contribution >= 0.6 is 11.8 Å². The van der Waals surface area contributed by atoms with Gasteiger partial charge in [-0.15, -0.1) is 0 Å². The molecule has 1 heterocycles. The summed E-state index contributed by atoms with van der Waals surface area (Å²) in [5.74, 6) is 1.82. The quantitative estimate of drug-likeness (QED) is 0.774. The number of thioether (sulfide) groups is 1. The highest BCUT2D eigenvalue weighted by Crippen LogP contribution is 2.26. The summed E-state index contributed by atoms with van der Waals surface area (Å²) in [6.45, 7) is 9.20. The number of rotatable bonds is 7. The second kappa shape index (κ2) is 7.66. The van der Waals surface area contributed by atoms with Gasteiger partial charge >= 0.3 is 0 Å². The summed E-state index contributed by atoms with van der Waals surface area (Å²) < 4.78 is 5.64. The van der Waals surface area contributed by atoms with Gasteiger partial charge in [0.05, 0.1) is 5.69 Å². The first-order chi connectivity index (χ1) is 10.1. The first-order valence-electron chi connectivity index (χ1n) is 7.53. The molecule has 0 saturated carbocycles. The number of nitrogens with zero attached hydrogens (tertiary/aromatic N) is 1. The van der Waals surface area contributed by atoms with Crippen LogP contribution < -0.4 is 5.32 Å². The zero-order valence-corrected chi connectivity index (χ0v) is 14.1. The minimum atomic E-state index is 0.318. The summed E-state index contributed by atoms with van der Waals surface area (Å²) in [5.41, 5.74) is 3.67. The average Bonchev–Trinajstić information content (AvgIpc) is 2.82. The summed E-state index contributed by atoms with van der Waals surface area (Å²) in [5, 5.41) is 4.30. The maximum atomic E-state index is 5.64. The Bertz CT molecular complexity index is 543. The number of hydrogen-bond acceptors (Lipinski definition) is 4. The van der Waals surface area contributed by atoms with E-state index in [0.717, 1.165) is 35.4 Å². The molecule has 1 N–H and O–H groups in total. The highest BCUT2D eigenvalue weighted by molar-refractivity contribution is 7.99. The van der Waals surface area contributed by atoms with Crippen molar-refractivity contribution < 1.29 is 4.42 Å². The van der Waals surface area contributed by atoms with E-state index >= 15 is 0 Å². The van der Waals surface area contributed by atoms with Gasteiger partial charge in [-0.3, -0.25) is 0 Å². The zero-order valence-electron chi connectivity index (χ0n) is 13.3. The minimum Gasteiger partial charge on any atom is -0.437 e. The standard InChI is InChI=1S/C17H24N2OS/c1-5-14-7-9-15(10-8-14)16(18-6-2)11-21-17-19-12(3)13(4)20-17/h7-10,16,18H,5-6,11H2,1-4H3. The van der Waals surface area contributed by atoms with Gasteiger partial charge in [0.25, 0.3) is 5.22 Å². The molecular weight excluding hydrogens is 280 g/mol. The lowest BCUT2D eigenvalue weighted by atomic mass is 10.1. The third kappa shape index (κ3) is 4.35. The van der Waals surface area contributed by atoms with Gasteiger partial charge in [0, 0.05) is 11.8 Å². The van der Waals surface area contributed by atoms with E-state index < -0.39 is 0 Å². The van der Waals surface area contributed by atoms with Crippen LogP contribution in [0.2, 0.25) is 0 Å². The number of aryl methyl sites for hydroxylation is 3. The van der Waals surface area contributed by atoms with Gasteiger partial charge < -0.3 is 9.73 Å². The van der Waals surface area contributed by atoms with Crippen molar-refractivity contribution in [3.8, 4) is 0 Å². The van der Waals surface area contributed by atoms with E-state index in [4.69, 9.17) is 4.42 Å². The molecule has 0 aliphatic rings. The Morgan fingerprint density at radius 3 is 2.43 bits per heavy atom. The van der Waals surface area contributed by atoms with E-state index in [1.54, 1.807) is 11.8 Å². The normalized spacial score (nSPS) is 12.6. The van der Waals surface area contributed by atoms with Crippen molar-refractivity contribution >= 4 is 11.8 Å². The summed E-state index contributed by atoms with van der Waals surface area (Å²) in [4.78, 5) is 4.43. The largest absolute Gasteiger partial charge is 0.437 e. The molecule has 0 radical (unpaired) electrons. The number of benzene rings is 1. The fourth-order valence-electron chi connectivity index (χ4n) is 2.16. The van der Waals surface area contributed by atoms with Gasteiger partial charge in [0.1, 0.15) is 5.76 Å². The van der Waals surface area contributed by atoms with Crippen molar-refractivity contribution in [1.82, 2.24) is 10.3 Å². The fraction of sp³-hybridized carbons (Fsp3) is 0.471. The van der Waals surface area contributed by atoms with Crippen molar-refractivity contribution in [3.63, 3.8) is 0 Å². The smallest absolute Gasteiger partial charge is 0.256 e. The molecule has 2 aromatic rings. The van der Waals surface area contributed by atoms with E-state index in [1.165, 1.54) is 11.1 Å². The van der Waals surface area contributed by atoms with Crippen LogP contribution in [0.25, 0.3) is 0 Å². The predicted molar refractivity (Wildman–Crippen MR) is 88.9 cm³/mol. The minimum absolute atomic E-state index is 0.318. The molecule has 0 aliphatic heterocycles. The van der Waals surface area contributed by atoms with Crippen LogP contribution in [0, 0.1) is 13.8 Å². The third-order valence-corrected chi connectivity index (χ3v) is 4.54. The Morgan fingerprint density at radius 1 is 1.19 bits per heavy atom. The lowest BCUT2D eigenvalue weighted by molar-refractivity contribution is 0.430. The van der Waals surface area contributed by atoms with E-state index in [2.05, 4.69) is 48.4 Å². The molecule has 0 amide bonds. The van der Waals surface area contributed by atoms with Gasteiger partial charge in [0.2, 0.25) is 0 Å². The number of aromatic nitrogens is 1. The topological polar surface area (TPSA) is 38.1 Å². The predicted octanol–water partition coefficient (Wildman–Crippen LogP) is 4.30. The van der Waals surface area contributed by atoms with E-state index in [-0.39, 0.29) is 0 Å².